The molecule has 2 N–H and O–H groups in total. The van der Waals surface area contributed by atoms with Crippen molar-refractivity contribution in [1.29, 1.82) is 0 Å². The molecule has 4 nitrogen and oxygen atoms in total. The van der Waals surface area contributed by atoms with Crippen LogP contribution in [-0.2, 0) is 0 Å². The van der Waals surface area contributed by atoms with Gasteiger partial charge < -0.3 is 20.1 Å². The minimum atomic E-state index is 0.584. The van der Waals surface area contributed by atoms with Crippen LogP contribution in [0.5, 0.6) is 11.5 Å². The number of likely N-dealkylation sites (N-methyl/N-ethyl adjacent to an activating group) is 1. The van der Waals surface area contributed by atoms with Crippen LogP contribution in [0.1, 0.15) is 5.56 Å². The Morgan fingerprint density at radius 2 is 1.76 bits per heavy atom. The molecule has 0 saturated heterocycles. The molecule has 0 fully saturated rings. The van der Waals surface area contributed by atoms with Crippen LogP contribution in [0.3, 0.4) is 0 Å². The lowest BCUT2D eigenvalue weighted by Gasteiger charge is -2.20. The molecule has 21 heavy (non-hydrogen) atoms. The second kappa shape index (κ2) is 6.88. The highest BCUT2D eigenvalue weighted by Gasteiger charge is 2.05. The van der Waals surface area contributed by atoms with Crippen molar-refractivity contribution < 1.29 is 9.47 Å². The molecule has 0 amide bonds. The van der Waals surface area contributed by atoms with Gasteiger partial charge >= 0.3 is 0 Å². The van der Waals surface area contributed by atoms with Crippen LogP contribution in [0.15, 0.2) is 42.5 Å². The molecule has 0 aromatic heterocycles. The van der Waals surface area contributed by atoms with Crippen LogP contribution in [0.2, 0.25) is 0 Å². The first-order valence-corrected chi connectivity index (χ1v) is 6.94. The van der Waals surface area contributed by atoms with Gasteiger partial charge in [-0.1, -0.05) is 6.07 Å². The quantitative estimate of drug-likeness (QED) is 0.829. The van der Waals surface area contributed by atoms with Gasteiger partial charge in [-0.05, 0) is 48.9 Å². The lowest BCUT2D eigenvalue weighted by molar-refractivity contribution is 0.301. The summed E-state index contributed by atoms with van der Waals surface area (Å²) in [5, 5.41) is 0. The number of aryl methyl sites for hydroxylation is 1. The Morgan fingerprint density at radius 1 is 1.05 bits per heavy atom. The van der Waals surface area contributed by atoms with Crippen LogP contribution >= 0.6 is 0 Å². The average molecular weight is 286 g/mol. The topological polar surface area (TPSA) is 47.7 Å². The summed E-state index contributed by atoms with van der Waals surface area (Å²) in [6, 6.07) is 13.7. The van der Waals surface area contributed by atoms with Gasteiger partial charge in [0.25, 0.3) is 0 Å². The summed E-state index contributed by atoms with van der Waals surface area (Å²) in [6.07, 6.45) is 0. The number of nitrogens with two attached hydrogens (primary N) is 1. The molecular weight excluding hydrogens is 264 g/mol. The SMILES string of the molecule is COc1cc(C)ccc1OCCN(C)c1ccc(N)cc1. The normalized spacial score (nSPS) is 10.2. The van der Waals surface area contributed by atoms with Gasteiger partial charge in [0.15, 0.2) is 11.5 Å². The summed E-state index contributed by atoms with van der Waals surface area (Å²) in [5.74, 6) is 1.54. The first-order valence-electron chi connectivity index (χ1n) is 6.94. The summed E-state index contributed by atoms with van der Waals surface area (Å²) >= 11 is 0. The molecule has 0 unspecified atom stereocenters. The van der Waals surface area contributed by atoms with Crippen LogP contribution < -0.4 is 20.1 Å². The predicted octanol–water partition coefficient (Wildman–Crippen LogP) is 3.10. The maximum atomic E-state index is 5.81. The maximum absolute atomic E-state index is 5.81. The number of nitrogens with zero attached hydrogens (tertiary/aromatic N) is 1. The van der Waals surface area contributed by atoms with E-state index >= 15 is 0 Å². The number of methoxy groups -OCH3 is 1. The van der Waals surface area contributed by atoms with Gasteiger partial charge in [0.2, 0.25) is 0 Å². The first-order chi connectivity index (χ1) is 10.1. The fourth-order valence-electron chi connectivity index (χ4n) is 2.04. The summed E-state index contributed by atoms with van der Waals surface area (Å²) in [5.41, 5.74) is 8.73. The largest absolute Gasteiger partial charge is 0.493 e. The van der Waals surface area contributed by atoms with E-state index in [-0.39, 0.29) is 0 Å². The van der Waals surface area contributed by atoms with Crippen molar-refractivity contribution in [2.45, 2.75) is 6.92 Å². The van der Waals surface area contributed by atoms with E-state index in [0.29, 0.717) is 6.61 Å². The maximum Gasteiger partial charge on any atom is 0.161 e. The van der Waals surface area contributed by atoms with Gasteiger partial charge in [-0.25, -0.2) is 0 Å². The van der Waals surface area contributed by atoms with E-state index in [1.54, 1.807) is 7.11 Å². The minimum Gasteiger partial charge on any atom is -0.493 e. The molecule has 0 heterocycles. The summed E-state index contributed by atoms with van der Waals surface area (Å²) in [6.45, 7) is 3.39. The van der Waals surface area contributed by atoms with E-state index in [2.05, 4.69) is 4.90 Å². The Labute approximate surface area is 126 Å². The van der Waals surface area contributed by atoms with Gasteiger partial charge in [0.05, 0.1) is 13.7 Å². The van der Waals surface area contributed by atoms with Crippen LogP contribution in [-0.4, -0.2) is 27.3 Å². The molecule has 0 aliphatic heterocycles. The molecule has 112 valence electrons. The van der Waals surface area contributed by atoms with Crippen LogP contribution in [0.25, 0.3) is 0 Å². The number of nitrogen functional groups attached to an aromatic ring is 1. The molecule has 0 atom stereocenters. The number of hydrogen-bond acceptors (Lipinski definition) is 4. The van der Waals surface area contributed by atoms with Crippen molar-refractivity contribution in [3.8, 4) is 11.5 Å². The highest BCUT2D eigenvalue weighted by Crippen LogP contribution is 2.27. The Hall–Kier alpha value is -2.36. The van der Waals surface area contributed by atoms with Crippen molar-refractivity contribution in [2.75, 3.05) is 37.9 Å². The molecule has 2 aromatic rings. The van der Waals surface area contributed by atoms with Crippen molar-refractivity contribution in [3.63, 3.8) is 0 Å². The standard InChI is InChI=1S/C17H22N2O2/c1-13-4-9-16(17(12-13)20-3)21-11-10-19(2)15-7-5-14(18)6-8-15/h4-9,12H,10-11,18H2,1-3H3. The van der Waals surface area contributed by atoms with Crippen LogP contribution in [0.4, 0.5) is 11.4 Å². The Balaban J connectivity index is 1.90. The number of ether oxygens (including phenoxy) is 2. The predicted molar refractivity (Wildman–Crippen MR) is 87.4 cm³/mol. The highest BCUT2D eigenvalue weighted by atomic mass is 16.5. The fourth-order valence-corrected chi connectivity index (χ4v) is 2.04. The third-order valence-electron chi connectivity index (χ3n) is 3.34. The summed E-state index contributed by atoms with van der Waals surface area (Å²) in [4.78, 5) is 2.13. The first kappa shape index (κ1) is 15.0. The molecular formula is C17H22N2O2. The van der Waals surface area contributed by atoms with Gasteiger partial charge in [0, 0.05) is 18.4 Å². The van der Waals surface area contributed by atoms with E-state index < -0.39 is 0 Å². The molecule has 0 saturated carbocycles. The summed E-state index contributed by atoms with van der Waals surface area (Å²) < 4.78 is 11.1. The molecule has 0 aliphatic carbocycles. The lowest BCUT2D eigenvalue weighted by Crippen LogP contribution is -2.23. The average Bonchev–Trinajstić information content (AvgIpc) is 2.49. The zero-order chi connectivity index (χ0) is 15.2. The smallest absolute Gasteiger partial charge is 0.161 e. The number of rotatable bonds is 6. The van der Waals surface area contributed by atoms with E-state index in [9.17, 15) is 0 Å². The van der Waals surface area contributed by atoms with Crippen molar-refractivity contribution in [3.05, 3.63) is 48.0 Å². The summed E-state index contributed by atoms with van der Waals surface area (Å²) in [7, 11) is 3.68. The molecule has 0 spiro atoms. The van der Waals surface area contributed by atoms with Crippen molar-refractivity contribution in [2.24, 2.45) is 0 Å². The van der Waals surface area contributed by atoms with E-state index in [1.165, 1.54) is 0 Å². The Kier molecular flexibility index (Phi) is 4.93. The Bertz CT molecular complexity index is 582. The van der Waals surface area contributed by atoms with E-state index in [0.717, 1.165) is 35.0 Å². The number of benzene rings is 2. The molecule has 2 aromatic carbocycles. The number of anilines is 2. The van der Waals surface area contributed by atoms with E-state index in [1.807, 2.05) is 56.4 Å². The minimum absolute atomic E-state index is 0.584. The molecule has 4 heteroatoms. The second-order valence-corrected chi connectivity index (χ2v) is 5.02. The second-order valence-electron chi connectivity index (χ2n) is 5.02. The lowest BCUT2D eigenvalue weighted by atomic mass is 10.2. The molecule has 0 aliphatic rings. The third kappa shape index (κ3) is 4.05. The molecule has 0 bridgehead atoms. The highest BCUT2D eigenvalue weighted by molar-refractivity contribution is 5.52. The van der Waals surface area contributed by atoms with Gasteiger partial charge in [-0.3, -0.25) is 0 Å². The number of hydrogen-bond donors (Lipinski definition) is 1. The molecule has 2 rings (SSSR count). The van der Waals surface area contributed by atoms with Gasteiger partial charge in [-0.15, -0.1) is 0 Å². The third-order valence-corrected chi connectivity index (χ3v) is 3.34. The van der Waals surface area contributed by atoms with Crippen molar-refractivity contribution >= 4 is 11.4 Å². The van der Waals surface area contributed by atoms with Crippen molar-refractivity contribution in [1.82, 2.24) is 0 Å². The van der Waals surface area contributed by atoms with Gasteiger partial charge in [0.1, 0.15) is 6.61 Å². The Morgan fingerprint density at radius 3 is 2.43 bits per heavy atom. The van der Waals surface area contributed by atoms with E-state index in [4.69, 9.17) is 15.2 Å². The monoisotopic (exact) mass is 286 g/mol. The zero-order valence-corrected chi connectivity index (χ0v) is 12.8. The zero-order valence-electron chi connectivity index (χ0n) is 12.8. The molecule has 0 radical (unpaired) electrons. The van der Waals surface area contributed by atoms with Crippen LogP contribution in [0, 0.1) is 6.92 Å². The fraction of sp³-hybridized carbons (Fsp3) is 0.294. The van der Waals surface area contributed by atoms with Gasteiger partial charge in [-0.2, -0.15) is 0 Å².